The number of amides is 1. The number of carbonyl (C=O) groups excluding carboxylic acids is 2. The second kappa shape index (κ2) is 8.79. The van der Waals surface area contributed by atoms with Crippen molar-refractivity contribution in [2.24, 2.45) is 0 Å². The van der Waals surface area contributed by atoms with Crippen molar-refractivity contribution in [3.05, 3.63) is 59.7 Å². The molecule has 1 fully saturated rings. The second-order valence-corrected chi connectivity index (χ2v) is 10.2. The summed E-state index contributed by atoms with van der Waals surface area (Å²) in [5.74, 6) is -0.747. The first-order valence-electron chi connectivity index (χ1n) is 8.82. The van der Waals surface area contributed by atoms with Crippen molar-refractivity contribution in [1.82, 2.24) is 0 Å². The maximum Gasteiger partial charge on any atom is 0.339 e. The Balaban J connectivity index is 1.58. The third-order valence-corrected chi connectivity index (χ3v) is 7.59. The van der Waals surface area contributed by atoms with E-state index in [0.717, 1.165) is 5.56 Å². The minimum Gasteiger partial charge on any atom is -0.452 e. The third-order valence-electron chi connectivity index (χ3n) is 4.26. The summed E-state index contributed by atoms with van der Waals surface area (Å²) in [6, 6.07) is 14.2. The van der Waals surface area contributed by atoms with E-state index in [4.69, 9.17) is 4.74 Å². The van der Waals surface area contributed by atoms with E-state index in [1.165, 1.54) is 11.8 Å². The van der Waals surface area contributed by atoms with E-state index in [1.807, 2.05) is 19.1 Å². The molecule has 0 radical (unpaired) electrons. The van der Waals surface area contributed by atoms with Gasteiger partial charge in [0.25, 0.3) is 5.91 Å². The molecule has 6 nitrogen and oxygen atoms in total. The van der Waals surface area contributed by atoms with Gasteiger partial charge in [0.05, 0.1) is 17.1 Å². The summed E-state index contributed by atoms with van der Waals surface area (Å²) in [7, 11) is -2.99. The normalized spacial score (nSPS) is 17.8. The molecule has 2 aromatic carbocycles. The van der Waals surface area contributed by atoms with E-state index in [0.29, 0.717) is 22.6 Å². The van der Waals surface area contributed by atoms with Gasteiger partial charge in [-0.25, -0.2) is 13.2 Å². The molecule has 0 bridgehead atoms. The number of sulfone groups is 1. The molecule has 1 N–H and O–H groups in total. The van der Waals surface area contributed by atoms with E-state index >= 15 is 0 Å². The molecule has 1 amide bonds. The number of carbonyl (C=O) groups is 2. The number of hydrogen-bond acceptors (Lipinski definition) is 6. The van der Waals surface area contributed by atoms with Crippen LogP contribution in [0, 0.1) is 6.92 Å². The number of aryl methyl sites for hydroxylation is 1. The van der Waals surface area contributed by atoms with Crippen LogP contribution in [-0.2, 0) is 19.4 Å². The Morgan fingerprint density at radius 2 is 1.86 bits per heavy atom. The maximum atomic E-state index is 12.4. The predicted molar refractivity (Wildman–Crippen MR) is 109 cm³/mol. The standard InChI is InChI=1S/C20H21NO5S2/c1-14-6-8-15(9-7-14)21-19(22)12-26-20(23)17-4-2-3-5-18(17)27-16-10-11-28(24,25)13-16/h2-9,16H,10-13H2,1H3,(H,21,22)/t16-/m0/s1. The summed E-state index contributed by atoms with van der Waals surface area (Å²) in [5, 5.41) is 2.59. The SMILES string of the molecule is Cc1ccc(NC(=O)COC(=O)c2ccccc2S[C@H]2CCS(=O)(=O)C2)cc1. The van der Waals surface area contributed by atoms with Crippen LogP contribution >= 0.6 is 11.8 Å². The van der Waals surface area contributed by atoms with Crippen molar-refractivity contribution in [2.45, 2.75) is 23.5 Å². The Bertz CT molecular complexity index is 970. The zero-order valence-corrected chi connectivity index (χ0v) is 17.0. The van der Waals surface area contributed by atoms with Gasteiger partial charge < -0.3 is 10.1 Å². The van der Waals surface area contributed by atoms with Crippen LogP contribution in [0.25, 0.3) is 0 Å². The van der Waals surface area contributed by atoms with Crippen molar-refractivity contribution >= 4 is 39.2 Å². The molecule has 1 aliphatic rings. The third kappa shape index (κ3) is 5.59. The number of rotatable bonds is 6. The Kier molecular flexibility index (Phi) is 6.41. The molecule has 1 atom stereocenters. The summed E-state index contributed by atoms with van der Waals surface area (Å²) in [5.41, 5.74) is 2.04. The molecule has 8 heteroatoms. The van der Waals surface area contributed by atoms with Crippen LogP contribution in [0.2, 0.25) is 0 Å². The minimum absolute atomic E-state index is 0.0798. The van der Waals surface area contributed by atoms with Gasteiger partial charge in [-0.05, 0) is 37.6 Å². The fraction of sp³-hybridized carbons (Fsp3) is 0.300. The molecule has 0 aliphatic carbocycles. The first-order chi connectivity index (χ1) is 13.3. The second-order valence-electron chi connectivity index (χ2n) is 6.63. The van der Waals surface area contributed by atoms with Gasteiger partial charge in [-0.3, -0.25) is 4.79 Å². The Labute approximate surface area is 168 Å². The van der Waals surface area contributed by atoms with Crippen LogP contribution in [0.3, 0.4) is 0 Å². The van der Waals surface area contributed by atoms with Crippen LogP contribution in [0.5, 0.6) is 0 Å². The first kappa shape index (κ1) is 20.4. The van der Waals surface area contributed by atoms with Crippen molar-refractivity contribution in [3.8, 4) is 0 Å². The number of nitrogens with one attached hydrogen (secondary N) is 1. The van der Waals surface area contributed by atoms with Gasteiger partial charge in [0.2, 0.25) is 0 Å². The average molecular weight is 420 g/mol. The van der Waals surface area contributed by atoms with Crippen molar-refractivity contribution in [3.63, 3.8) is 0 Å². The topological polar surface area (TPSA) is 89.5 Å². The number of ether oxygens (including phenoxy) is 1. The molecule has 28 heavy (non-hydrogen) atoms. The number of anilines is 1. The molecule has 2 aromatic rings. The highest BCUT2D eigenvalue weighted by Crippen LogP contribution is 2.33. The highest BCUT2D eigenvalue weighted by molar-refractivity contribution is 8.02. The van der Waals surface area contributed by atoms with Gasteiger partial charge in [-0.15, -0.1) is 11.8 Å². The lowest BCUT2D eigenvalue weighted by atomic mass is 10.2. The molecule has 1 heterocycles. The molecule has 1 saturated heterocycles. The van der Waals surface area contributed by atoms with Gasteiger partial charge in [0.15, 0.2) is 16.4 Å². The molecular weight excluding hydrogens is 398 g/mol. The molecule has 3 rings (SSSR count). The van der Waals surface area contributed by atoms with Crippen molar-refractivity contribution in [1.29, 1.82) is 0 Å². The molecule has 0 unspecified atom stereocenters. The monoisotopic (exact) mass is 419 g/mol. The lowest BCUT2D eigenvalue weighted by molar-refractivity contribution is -0.119. The van der Waals surface area contributed by atoms with E-state index in [9.17, 15) is 18.0 Å². The zero-order chi connectivity index (χ0) is 20.1. The van der Waals surface area contributed by atoms with Crippen LogP contribution in [0.4, 0.5) is 5.69 Å². The lowest BCUT2D eigenvalue weighted by Gasteiger charge is -2.12. The summed E-state index contributed by atoms with van der Waals surface area (Å²) in [6.07, 6.45) is 0.565. The fourth-order valence-corrected chi connectivity index (χ4v) is 6.43. The fourth-order valence-electron chi connectivity index (χ4n) is 2.81. The Morgan fingerprint density at radius 3 is 2.54 bits per heavy atom. The Morgan fingerprint density at radius 1 is 1.14 bits per heavy atom. The predicted octanol–water partition coefficient (Wildman–Crippen LogP) is 3.07. The number of thioether (sulfide) groups is 1. The molecule has 0 saturated carbocycles. The molecule has 0 spiro atoms. The zero-order valence-electron chi connectivity index (χ0n) is 15.4. The molecule has 0 aromatic heterocycles. The summed E-state index contributed by atoms with van der Waals surface area (Å²) < 4.78 is 28.4. The largest absolute Gasteiger partial charge is 0.452 e. The summed E-state index contributed by atoms with van der Waals surface area (Å²) in [6.45, 7) is 1.55. The van der Waals surface area contributed by atoms with E-state index in [1.54, 1.807) is 36.4 Å². The average Bonchev–Trinajstić information content (AvgIpc) is 3.00. The van der Waals surface area contributed by atoms with Crippen molar-refractivity contribution in [2.75, 3.05) is 23.4 Å². The van der Waals surface area contributed by atoms with Crippen LogP contribution < -0.4 is 5.32 Å². The maximum absolute atomic E-state index is 12.4. The van der Waals surface area contributed by atoms with Gasteiger partial charge >= 0.3 is 5.97 Å². The number of hydrogen-bond donors (Lipinski definition) is 1. The van der Waals surface area contributed by atoms with Crippen LogP contribution in [-0.4, -0.2) is 43.7 Å². The van der Waals surface area contributed by atoms with E-state index in [2.05, 4.69) is 5.32 Å². The van der Waals surface area contributed by atoms with Gasteiger partial charge in [0, 0.05) is 15.8 Å². The minimum atomic E-state index is -2.99. The highest BCUT2D eigenvalue weighted by Gasteiger charge is 2.29. The van der Waals surface area contributed by atoms with E-state index < -0.39 is 28.3 Å². The van der Waals surface area contributed by atoms with E-state index in [-0.39, 0.29) is 16.8 Å². The highest BCUT2D eigenvalue weighted by atomic mass is 32.2. The quantitative estimate of drug-likeness (QED) is 0.724. The summed E-state index contributed by atoms with van der Waals surface area (Å²) in [4.78, 5) is 25.1. The van der Waals surface area contributed by atoms with Crippen LogP contribution in [0.15, 0.2) is 53.4 Å². The molecule has 1 aliphatic heterocycles. The van der Waals surface area contributed by atoms with Gasteiger partial charge in [-0.2, -0.15) is 0 Å². The number of esters is 1. The Hall–Kier alpha value is -2.32. The van der Waals surface area contributed by atoms with Crippen molar-refractivity contribution < 1.29 is 22.7 Å². The molecule has 148 valence electrons. The smallest absolute Gasteiger partial charge is 0.339 e. The van der Waals surface area contributed by atoms with Gasteiger partial charge in [0.1, 0.15) is 0 Å². The first-order valence-corrected chi connectivity index (χ1v) is 11.5. The lowest BCUT2D eigenvalue weighted by Crippen LogP contribution is -2.21. The number of benzene rings is 2. The van der Waals surface area contributed by atoms with Crippen LogP contribution in [0.1, 0.15) is 22.3 Å². The molecular formula is C20H21NO5S2. The van der Waals surface area contributed by atoms with Gasteiger partial charge in [-0.1, -0.05) is 29.8 Å². The summed E-state index contributed by atoms with van der Waals surface area (Å²) >= 11 is 1.37.